The van der Waals surface area contributed by atoms with Crippen LogP contribution in [-0.2, 0) is 14.8 Å². The topological polar surface area (TPSA) is 66.5 Å². The first-order valence-corrected chi connectivity index (χ1v) is 12.2. The van der Waals surface area contributed by atoms with Gasteiger partial charge in [-0.2, -0.15) is 4.31 Å². The molecule has 5 nitrogen and oxygen atoms in total. The third-order valence-corrected chi connectivity index (χ3v) is 8.33. The van der Waals surface area contributed by atoms with Crippen LogP contribution in [0.1, 0.15) is 68.9 Å². The Morgan fingerprint density at radius 3 is 2.43 bits per heavy atom. The molecule has 0 atom stereocenters. The van der Waals surface area contributed by atoms with Crippen molar-refractivity contribution in [1.82, 2.24) is 9.62 Å². The molecule has 1 saturated carbocycles. The standard InChI is InChI=1S/C22H34N2O3S/c1-17-8-9-18(2)21(16-17)28(26,27)24-14-12-20(13-15-24)23-22(25)11-10-19-6-4-3-5-7-19/h8-9,16,19-20H,3-7,10-15H2,1-2H3,(H,23,25). The van der Waals surface area contributed by atoms with Crippen molar-refractivity contribution < 1.29 is 13.2 Å². The van der Waals surface area contributed by atoms with Gasteiger partial charge in [-0.05, 0) is 56.2 Å². The van der Waals surface area contributed by atoms with Crippen molar-refractivity contribution in [1.29, 1.82) is 0 Å². The Morgan fingerprint density at radius 1 is 1.07 bits per heavy atom. The highest BCUT2D eigenvalue weighted by Gasteiger charge is 2.31. The average molecular weight is 407 g/mol. The third kappa shape index (κ3) is 5.35. The summed E-state index contributed by atoms with van der Waals surface area (Å²) in [5.41, 5.74) is 1.73. The first-order chi connectivity index (χ1) is 13.4. The van der Waals surface area contributed by atoms with Gasteiger partial charge in [0.1, 0.15) is 0 Å². The van der Waals surface area contributed by atoms with E-state index >= 15 is 0 Å². The maximum Gasteiger partial charge on any atom is 0.243 e. The first kappa shape index (κ1) is 21.3. The number of aryl methyl sites for hydroxylation is 2. The van der Waals surface area contributed by atoms with Crippen LogP contribution in [0, 0.1) is 19.8 Å². The lowest BCUT2D eigenvalue weighted by molar-refractivity contribution is -0.122. The molecule has 0 unspecified atom stereocenters. The van der Waals surface area contributed by atoms with Crippen molar-refractivity contribution in [2.45, 2.75) is 82.6 Å². The minimum Gasteiger partial charge on any atom is -0.353 e. The molecule has 1 amide bonds. The van der Waals surface area contributed by atoms with Gasteiger partial charge >= 0.3 is 0 Å². The van der Waals surface area contributed by atoms with Crippen LogP contribution in [0.5, 0.6) is 0 Å². The molecule has 1 N–H and O–H groups in total. The Hall–Kier alpha value is -1.40. The van der Waals surface area contributed by atoms with Crippen molar-refractivity contribution in [2.75, 3.05) is 13.1 Å². The van der Waals surface area contributed by atoms with Crippen LogP contribution in [0.3, 0.4) is 0 Å². The fraction of sp³-hybridized carbons (Fsp3) is 0.682. The van der Waals surface area contributed by atoms with Crippen molar-refractivity contribution >= 4 is 15.9 Å². The Bertz CT molecular complexity index is 777. The lowest BCUT2D eigenvalue weighted by atomic mass is 9.86. The van der Waals surface area contributed by atoms with Gasteiger partial charge in [-0.1, -0.05) is 44.2 Å². The average Bonchev–Trinajstić information content (AvgIpc) is 2.69. The summed E-state index contributed by atoms with van der Waals surface area (Å²) >= 11 is 0. The maximum absolute atomic E-state index is 13.0. The van der Waals surface area contributed by atoms with E-state index in [4.69, 9.17) is 0 Å². The molecule has 1 saturated heterocycles. The van der Waals surface area contributed by atoms with Crippen LogP contribution < -0.4 is 5.32 Å². The monoisotopic (exact) mass is 406 g/mol. The molecule has 1 aliphatic heterocycles. The van der Waals surface area contributed by atoms with E-state index in [0.717, 1.165) is 17.5 Å². The van der Waals surface area contributed by atoms with E-state index in [2.05, 4.69) is 5.32 Å². The number of hydrogen-bond donors (Lipinski definition) is 1. The zero-order valence-electron chi connectivity index (χ0n) is 17.2. The van der Waals surface area contributed by atoms with E-state index < -0.39 is 10.0 Å². The molecule has 1 heterocycles. The molecule has 1 aromatic carbocycles. The molecule has 3 rings (SSSR count). The number of carbonyl (C=O) groups is 1. The van der Waals surface area contributed by atoms with Crippen LogP contribution in [0.4, 0.5) is 0 Å². The van der Waals surface area contributed by atoms with Gasteiger partial charge < -0.3 is 5.32 Å². The molecule has 0 radical (unpaired) electrons. The molecule has 0 aromatic heterocycles. The highest BCUT2D eigenvalue weighted by atomic mass is 32.2. The zero-order valence-corrected chi connectivity index (χ0v) is 18.1. The summed E-state index contributed by atoms with van der Waals surface area (Å²) in [5.74, 6) is 0.838. The third-order valence-electron chi connectivity index (χ3n) is 6.28. The fourth-order valence-corrected chi connectivity index (χ4v) is 6.26. The van der Waals surface area contributed by atoms with Gasteiger partial charge in [0.25, 0.3) is 0 Å². The number of rotatable bonds is 6. The Kier molecular flexibility index (Phi) is 7.15. The largest absolute Gasteiger partial charge is 0.353 e. The highest BCUT2D eigenvalue weighted by Crippen LogP contribution is 2.27. The minimum absolute atomic E-state index is 0.0870. The molecule has 6 heteroatoms. The predicted octanol–water partition coefficient (Wildman–Crippen LogP) is 3.93. The maximum atomic E-state index is 13.0. The summed E-state index contributed by atoms with van der Waals surface area (Å²) in [4.78, 5) is 12.7. The van der Waals surface area contributed by atoms with Crippen LogP contribution in [0.25, 0.3) is 0 Å². The summed E-state index contributed by atoms with van der Waals surface area (Å²) in [6.07, 6.45) is 9.44. The van der Waals surface area contributed by atoms with Gasteiger partial charge in [-0.25, -0.2) is 8.42 Å². The van der Waals surface area contributed by atoms with E-state index in [1.807, 2.05) is 26.0 Å². The lowest BCUT2D eigenvalue weighted by Gasteiger charge is -2.32. The number of sulfonamides is 1. The number of hydrogen-bond acceptors (Lipinski definition) is 3. The second-order valence-corrected chi connectivity index (χ2v) is 10.5. The predicted molar refractivity (Wildman–Crippen MR) is 112 cm³/mol. The summed E-state index contributed by atoms with van der Waals surface area (Å²) in [6.45, 7) is 4.67. The fourth-order valence-electron chi connectivity index (χ4n) is 4.48. The highest BCUT2D eigenvalue weighted by molar-refractivity contribution is 7.89. The van der Waals surface area contributed by atoms with Crippen LogP contribution in [0.15, 0.2) is 23.1 Å². The van der Waals surface area contributed by atoms with Gasteiger partial charge in [-0.3, -0.25) is 4.79 Å². The van der Waals surface area contributed by atoms with Crippen LogP contribution in [-0.4, -0.2) is 37.8 Å². The van der Waals surface area contributed by atoms with E-state index in [9.17, 15) is 13.2 Å². The number of nitrogens with zero attached hydrogens (tertiary/aromatic N) is 1. The van der Waals surface area contributed by atoms with Crippen LogP contribution >= 0.6 is 0 Å². The Balaban J connectivity index is 1.48. The molecular weight excluding hydrogens is 372 g/mol. The number of nitrogens with one attached hydrogen (secondary N) is 1. The number of amides is 1. The first-order valence-electron chi connectivity index (χ1n) is 10.7. The Morgan fingerprint density at radius 2 is 1.75 bits per heavy atom. The van der Waals surface area contributed by atoms with Crippen LogP contribution in [0.2, 0.25) is 0 Å². The second-order valence-electron chi connectivity index (χ2n) is 8.56. The van der Waals surface area contributed by atoms with Crippen molar-refractivity contribution in [3.05, 3.63) is 29.3 Å². The van der Waals surface area contributed by atoms with Crippen molar-refractivity contribution in [3.63, 3.8) is 0 Å². The van der Waals surface area contributed by atoms with Crippen molar-refractivity contribution in [3.8, 4) is 0 Å². The summed E-state index contributed by atoms with van der Waals surface area (Å²) < 4.78 is 27.6. The number of piperidine rings is 1. The van der Waals surface area contributed by atoms with Gasteiger partial charge in [0.05, 0.1) is 4.90 Å². The normalized spacial score (nSPS) is 20.2. The molecule has 28 heavy (non-hydrogen) atoms. The molecule has 0 bridgehead atoms. The molecular formula is C22H34N2O3S. The van der Waals surface area contributed by atoms with E-state index in [1.54, 1.807) is 10.4 Å². The molecule has 1 aromatic rings. The number of carbonyl (C=O) groups excluding carboxylic acids is 1. The Labute approximate surface area is 169 Å². The lowest BCUT2D eigenvalue weighted by Crippen LogP contribution is -2.46. The van der Waals surface area contributed by atoms with E-state index in [0.29, 0.717) is 43.2 Å². The van der Waals surface area contributed by atoms with Gasteiger partial charge in [0.15, 0.2) is 0 Å². The summed E-state index contributed by atoms with van der Waals surface area (Å²) in [6, 6.07) is 5.64. The summed E-state index contributed by atoms with van der Waals surface area (Å²) in [5, 5.41) is 3.13. The second kappa shape index (κ2) is 9.40. The molecule has 156 valence electrons. The van der Waals surface area contributed by atoms with Gasteiger partial charge in [0, 0.05) is 25.6 Å². The quantitative estimate of drug-likeness (QED) is 0.778. The molecule has 2 fully saturated rings. The molecule has 2 aliphatic rings. The summed E-state index contributed by atoms with van der Waals surface area (Å²) in [7, 11) is -3.47. The molecule has 0 spiro atoms. The van der Waals surface area contributed by atoms with E-state index in [1.165, 1.54) is 32.1 Å². The minimum atomic E-state index is -3.47. The van der Waals surface area contributed by atoms with Crippen molar-refractivity contribution in [2.24, 2.45) is 5.92 Å². The number of benzene rings is 1. The van der Waals surface area contributed by atoms with Gasteiger partial charge in [-0.15, -0.1) is 0 Å². The smallest absolute Gasteiger partial charge is 0.243 e. The van der Waals surface area contributed by atoms with E-state index in [-0.39, 0.29) is 11.9 Å². The SMILES string of the molecule is Cc1ccc(C)c(S(=O)(=O)N2CCC(NC(=O)CCC3CCCCC3)CC2)c1. The zero-order chi connectivity index (χ0) is 20.1. The van der Waals surface area contributed by atoms with Gasteiger partial charge in [0.2, 0.25) is 15.9 Å². The molecule has 1 aliphatic carbocycles.